The van der Waals surface area contributed by atoms with Gasteiger partial charge in [0.25, 0.3) is 5.91 Å². The van der Waals surface area contributed by atoms with E-state index in [0.717, 1.165) is 0 Å². The van der Waals surface area contributed by atoms with E-state index < -0.39 is 0 Å². The Hall–Kier alpha value is -1.62. The molecule has 0 spiro atoms. The predicted molar refractivity (Wildman–Crippen MR) is 51.8 cm³/mol. The summed E-state index contributed by atoms with van der Waals surface area (Å²) in [6.45, 7) is 4.35. The summed E-state index contributed by atoms with van der Waals surface area (Å²) in [5.74, 6) is 0.216. The molecular formula is C9H13N3O2. The molecule has 0 aliphatic heterocycles. The highest BCUT2D eigenvalue weighted by atomic mass is 16.3. The molecule has 0 fully saturated rings. The van der Waals surface area contributed by atoms with Crippen molar-refractivity contribution in [1.29, 1.82) is 0 Å². The fourth-order valence-corrected chi connectivity index (χ4v) is 0.909. The molecule has 0 aromatic carbocycles. The second-order valence-electron chi connectivity index (χ2n) is 2.66. The van der Waals surface area contributed by atoms with Crippen LogP contribution < -0.4 is 11.1 Å². The van der Waals surface area contributed by atoms with Crippen LogP contribution in [0, 0.1) is 0 Å². The number of aromatic nitrogens is 1. The Balaban J connectivity index is 2.57. The first-order valence-electron chi connectivity index (χ1n) is 4.31. The zero-order valence-corrected chi connectivity index (χ0v) is 7.82. The van der Waals surface area contributed by atoms with Gasteiger partial charge in [0.05, 0.1) is 0 Å². The lowest BCUT2D eigenvalue weighted by Gasteiger charge is -1.95. The zero-order chi connectivity index (χ0) is 10.4. The van der Waals surface area contributed by atoms with E-state index in [1.54, 1.807) is 6.08 Å². The van der Waals surface area contributed by atoms with Crippen molar-refractivity contribution in [3.05, 3.63) is 30.5 Å². The maximum atomic E-state index is 11.3. The molecule has 0 aliphatic carbocycles. The quantitative estimate of drug-likeness (QED) is 0.652. The number of rotatable bonds is 5. The number of hydrogen-bond donors (Lipinski definition) is 2. The predicted octanol–water partition coefficient (Wildman–Crippen LogP) is 0.0916. The fraction of sp³-hybridized carbons (Fsp3) is 0.333. The van der Waals surface area contributed by atoms with E-state index in [1.807, 2.05) is 0 Å². The lowest BCUT2D eigenvalue weighted by Crippen LogP contribution is -2.23. The molecule has 0 saturated heterocycles. The molecular weight excluding hydrogens is 182 g/mol. The minimum absolute atomic E-state index is 0.267. The third kappa shape index (κ3) is 2.70. The molecule has 1 heterocycles. The summed E-state index contributed by atoms with van der Waals surface area (Å²) in [4.78, 5) is 15.3. The summed E-state index contributed by atoms with van der Waals surface area (Å²) >= 11 is 0. The van der Waals surface area contributed by atoms with E-state index >= 15 is 0 Å². The van der Waals surface area contributed by atoms with Crippen LogP contribution in [0.2, 0.25) is 0 Å². The van der Waals surface area contributed by atoms with Crippen LogP contribution in [0.1, 0.15) is 16.4 Å². The highest BCUT2D eigenvalue weighted by molar-refractivity contribution is 5.91. The maximum Gasteiger partial charge on any atom is 0.273 e. The summed E-state index contributed by atoms with van der Waals surface area (Å²) in [7, 11) is 0. The highest BCUT2D eigenvalue weighted by Gasteiger charge is 2.10. The molecule has 5 nitrogen and oxygen atoms in total. The van der Waals surface area contributed by atoms with Crippen LogP contribution in [-0.2, 0) is 6.42 Å². The van der Waals surface area contributed by atoms with Crippen LogP contribution in [0.4, 0.5) is 0 Å². The van der Waals surface area contributed by atoms with Gasteiger partial charge in [-0.1, -0.05) is 6.08 Å². The molecule has 0 unspecified atom stereocenters. The van der Waals surface area contributed by atoms with Gasteiger partial charge in [-0.3, -0.25) is 4.79 Å². The van der Waals surface area contributed by atoms with Crippen molar-refractivity contribution in [3.63, 3.8) is 0 Å². The Morgan fingerprint density at radius 3 is 3.21 bits per heavy atom. The van der Waals surface area contributed by atoms with Crippen LogP contribution >= 0.6 is 0 Å². The van der Waals surface area contributed by atoms with Gasteiger partial charge in [0.1, 0.15) is 6.26 Å². The first kappa shape index (κ1) is 10.5. The Kier molecular flexibility index (Phi) is 3.87. The monoisotopic (exact) mass is 195 g/mol. The van der Waals surface area contributed by atoms with Crippen molar-refractivity contribution in [3.8, 4) is 0 Å². The van der Waals surface area contributed by atoms with Crippen LogP contribution in [0.3, 0.4) is 0 Å². The van der Waals surface area contributed by atoms with Gasteiger partial charge in [0.2, 0.25) is 0 Å². The molecule has 0 atom stereocenters. The van der Waals surface area contributed by atoms with Gasteiger partial charge < -0.3 is 15.5 Å². The number of hydrogen-bond acceptors (Lipinski definition) is 4. The first-order valence-corrected chi connectivity index (χ1v) is 4.31. The molecule has 5 heteroatoms. The van der Waals surface area contributed by atoms with Crippen molar-refractivity contribution in [2.24, 2.45) is 5.73 Å². The minimum Gasteiger partial charge on any atom is -0.448 e. The van der Waals surface area contributed by atoms with Gasteiger partial charge in [-0.15, -0.1) is 6.58 Å². The van der Waals surface area contributed by atoms with Crippen LogP contribution in [-0.4, -0.2) is 24.0 Å². The molecule has 3 N–H and O–H groups in total. The molecule has 0 radical (unpaired) electrons. The molecule has 1 amide bonds. The largest absolute Gasteiger partial charge is 0.448 e. The van der Waals surface area contributed by atoms with E-state index in [0.29, 0.717) is 25.4 Å². The number of nitrogens with two attached hydrogens (primary N) is 1. The standard InChI is InChI=1S/C9H13N3O2/c1-2-5-11-9(13)7-6-14-8(12-7)3-4-10/h2,6H,1,3-5,10H2,(H,11,13). The van der Waals surface area contributed by atoms with Crippen molar-refractivity contribution < 1.29 is 9.21 Å². The number of nitrogens with zero attached hydrogens (tertiary/aromatic N) is 1. The summed E-state index contributed by atoms with van der Waals surface area (Å²) in [5.41, 5.74) is 5.59. The Morgan fingerprint density at radius 1 is 1.79 bits per heavy atom. The lowest BCUT2D eigenvalue weighted by molar-refractivity contribution is 0.0953. The average molecular weight is 195 g/mol. The summed E-state index contributed by atoms with van der Waals surface area (Å²) in [6, 6.07) is 0. The summed E-state index contributed by atoms with van der Waals surface area (Å²) in [6.07, 6.45) is 3.46. The Morgan fingerprint density at radius 2 is 2.57 bits per heavy atom. The van der Waals surface area contributed by atoms with Crippen LogP contribution in [0.15, 0.2) is 23.3 Å². The van der Waals surface area contributed by atoms with Gasteiger partial charge in [-0.2, -0.15) is 0 Å². The van der Waals surface area contributed by atoms with E-state index in [4.69, 9.17) is 10.2 Å². The Bertz CT molecular complexity index is 320. The van der Waals surface area contributed by atoms with E-state index in [1.165, 1.54) is 6.26 Å². The van der Waals surface area contributed by atoms with Crippen molar-refractivity contribution in [2.75, 3.05) is 13.1 Å². The van der Waals surface area contributed by atoms with Crippen LogP contribution in [0.5, 0.6) is 0 Å². The van der Waals surface area contributed by atoms with E-state index in [-0.39, 0.29) is 11.6 Å². The Labute approximate surface area is 82.0 Å². The number of amides is 1. The third-order valence-corrected chi connectivity index (χ3v) is 1.55. The normalized spacial score (nSPS) is 9.79. The molecule has 14 heavy (non-hydrogen) atoms. The van der Waals surface area contributed by atoms with Crippen molar-refractivity contribution >= 4 is 5.91 Å². The van der Waals surface area contributed by atoms with E-state index in [9.17, 15) is 4.79 Å². The molecule has 1 aromatic heterocycles. The fourth-order valence-electron chi connectivity index (χ4n) is 0.909. The number of oxazole rings is 1. The molecule has 0 bridgehead atoms. The maximum absolute atomic E-state index is 11.3. The van der Waals surface area contributed by atoms with Gasteiger partial charge in [-0.05, 0) is 0 Å². The molecule has 76 valence electrons. The highest BCUT2D eigenvalue weighted by Crippen LogP contribution is 2.01. The second-order valence-corrected chi connectivity index (χ2v) is 2.66. The number of carbonyl (C=O) groups is 1. The van der Waals surface area contributed by atoms with Gasteiger partial charge >= 0.3 is 0 Å². The zero-order valence-electron chi connectivity index (χ0n) is 7.82. The lowest BCUT2D eigenvalue weighted by atomic mass is 10.4. The molecule has 0 aliphatic rings. The third-order valence-electron chi connectivity index (χ3n) is 1.55. The van der Waals surface area contributed by atoms with E-state index in [2.05, 4.69) is 16.9 Å². The van der Waals surface area contributed by atoms with Gasteiger partial charge in [0, 0.05) is 19.5 Å². The summed E-state index contributed by atoms with van der Waals surface area (Å²) < 4.78 is 5.03. The second kappa shape index (κ2) is 5.18. The first-order chi connectivity index (χ1) is 6.77. The van der Waals surface area contributed by atoms with Crippen molar-refractivity contribution in [2.45, 2.75) is 6.42 Å². The average Bonchev–Trinajstić information content (AvgIpc) is 2.63. The molecule has 0 saturated carbocycles. The summed E-state index contributed by atoms with van der Waals surface area (Å²) in [5, 5.41) is 2.59. The topological polar surface area (TPSA) is 81.2 Å². The van der Waals surface area contributed by atoms with Gasteiger partial charge in [0.15, 0.2) is 11.6 Å². The molecule has 1 rings (SSSR count). The number of carbonyl (C=O) groups excluding carboxylic acids is 1. The van der Waals surface area contributed by atoms with Crippen LogP contribution in [0.25, 0.3) is 0 Å². The van der Waals surface area contributed by atoms with Crippen molar-refractivity contribution in [1.82, 2.24) is 10.3 Å². The minimum atomic E-state index is -0.267. The smallest absolute Gasteiger partial charge is 0.273 e. The van der Waals surface area contributed by atoms with Gasteiger partial charge in [-0.25, -0.2) is 4.98 Å². The molecule has 1 aromatic rings. The SMILES string of the molecule is C=CCNC(=O)c1coc(CCN)n1. The number of nitrogens with one attached hydrogen (secondary N) is 1.